The predicted molar refractivity (Wildman–Crippen MR) is 296 cm³/mol. The van der Waals surface area contributed by atoms with Crippen molar-refractivity contribution in [2.75, 3.05) is 37.6 Å². The van der Waals surface area contributed by atoms with Crippen LogP contribution in [0, 0.1) is 18.3 Å². The smallest absolute Gasteiger partial charge is 0.243 e. The monoisotopic (exact) mass is 1070 g/mol. The minimum Gasteiger partial charge on any atom is -0.391 e. The van der Waals surface area contributed by atoms with Gasteiger partial charge in [-0.05, 0) is 86.1 Å². The van der Waals surface area contributed by atoms with E-state index in [2.05, 4.69) is 32.1 Å². The number of piperazine rings is 1. The largest absolute Gasteiger partial charge is 0.391 e. The van der Waals surface area contributed by atoms with Crippen LogP contribution in [0.1, 0.15) is 189 Å². The number of rotatable bonds is 25. The lowest BCUT2D eigenvalue weighted by molar-refractivity contribution is -0.146. The predicted octanol–water partition coefficient (Wildman–Crippen LogP) is 10.6. The number of β-amino-alcohol motifs (C(OH)–C–C–N with tert-alkyl or cyclic N) is 1. The lowest BCUT2D eigenvalue weighted by atomic mass is 9.76. The van der Waals surface area contributed by atoms with E-state index in [4.69, 9.17) is 11.6 Å². The van der Waals surface area contributed by atoms with Crippen LogP contribution < -0.4 is 10.2 Å². The number of aliphatic hydroxyl groups excluding tert-OH is 2. The number of unbranched alkanes of at least 4 members (excludes halogenated alkanes) is 7. The summed E-state index contributed by atoms with van der Waals surface area (Å²) in [5.41, 5.74) is 6.94. The van der Waals surface area contributed by atoms with Gasteiger partial charge >= 0.3 is 0 Å². The Labute approximate surface area is 453 Å². The second kappa shape index (κ2) is 26.8. The standard InChI is InChI=1S/C59H80ClN7O7S/c1-38-32-51(71)53-52(38)55(62-36-61-53)65-28-30-66(31-29-65)57(73)48(42-24-26-44(60)27-25-42)19-15-14-17-45(68)16-12-10-8-7-9-11-13-18-46(69)33-49(59(4,5)6)58(74)67-35-47(70)34-50(67)56(72)64-39(2)41-20-22-43(23-21-41)54-40(3)63-37-75-54/h20-27,36-39,47-51,70-71H,7-19,28-35H2,1-6H3,(H,64,72)/t38-,39+,47-,48-,49-,50+,51-/m1/s1. The number of nitrogens with zero attached hydrogens (tertiary/aromatic N) is 6. The van der Waals surface area contributed by atoms with Crippen LogP contribution in [0.25, 0.3) is 10.4 Å². The minimum absolute atomic E-state index is 0.0364. The number of Topliss-reactive ketones (excluding diaryl/α,β-unsaturated/α-hetero) is 2. The highest BCUT2D eigenvalue weighted by atomic mass is 35.5. The molecular weight excluding hydrogens is 986 g/mol. The second-order valence-electron chi connectivity index (χ2n) is 22.5. The number of anilines is 1. The Hall–Kier alpha value is -5.09. The molecule has 4 aromatic rings. The number of amides is 3. The Morgan fingerprint density at radius 3 is 2.01 bits per heavy atom. The van der Waals surface area contributed by atoms with Gasteiger partial charge in [0.05, 0.1) is 45.9 Å². The van der Waals surface area contributed by atoms with E-state index in [9.17, 15) is 34.2 Å². The fraction of sp³-hybridized carbons (Fsp3) is 0.593. The zero-order valence-corrected chi connectivity index (χ0v) is 46.6. The lowest BCUT2D eigenvalue weighted by Crippen LogP contribution is -2.50. The van der Waals surface area contributed by atoms with E-state index in [1.165, 1.54) is 11.2 Å². The van der Waals surface area contributed by atoms with Crippen LogP contribution in [0.3, 0.4) is 0 Å². The van der Waals surface area contributed by atoms with E-state index in [0.717, 1.165) is 102 Å². The Balaban J connectivity index is 0.765. The van der Waals surface area contributed by atoms with Crippen molar-refractivity contribution in [2.24, 2.45) is 11.3 Å². The van der Waals surface area contributed by atoms with Gasteiger partial charge in [0.2, 0.25) is 17.7 Å². The molecule has 3 amide bonds. The van der Waals surface area contributed by atoms with Crippen molar-refractivity contribution in [3.63, 3.8) is 0 Å². The number of likely N-dealkylation sites (tertiary alicyclic amines) is 1. The van der Waals surface area contributed by atoms with Crippen molar-refractivity contribution in [2.45, 2.75) is 180 Å². The van der Waals surface area contributed by atoms with Crippen LogP contribution in [0.5, 0.6) is 0 Å². The molecule has 406 valence electrons. The molecule has 3 N–H and O–H groups in total. The highest BCUT2D eigenvalue weighted by Gasteiger charge is 2.45. The number of hydrogen-bond acceptors (Lipinski definition) is 12. The number of aryl methyl sites for hydroxylation is 1. The summed E-state index contributed by atoms with van der Waals surface area (Å²) in [5.74, 6) is -0.0918. The summed E-state index contributed by atoms with van der Waals surface area (Å²) in [6.07, 6.45) is 11.2. The average Bonchev–Trinajstić information content (AvgIpc) is 4.09. The van der Waals surface area contributed by atoms with E-state index >= 15 is 0 Å². The second-order valence-corrected chi connectivity index (χ2v) is 23.8. The third kappa shape index (κ3) is 15.3. The maximum atomic E-state index is 14.2. The number of ketones is 2. The van der Waals surface area contributed by atoms with Gasteiger partial charge in [-0.3, -0.25) is 24.0 Å². The summed E-state index contributed by atoms with van der Waals surface area (Å²) in [6, 6.07) is 14.4. The first-order valence-electron chi connectivity index (χ1n) is 27.5. The number of carbonyl (C=O) groups excluding carboxylic acids is 5. The summed E-state index contributed by atoms with van der Waals surface area (Å²) in [7, 11) is 0. The normalized spacial score (nSPS) is 19.9. The van der Waals surface area contributed by atoms with E-state index in [0.29, 0.717) is 63.3 Å². The molecule has 2 aromatic heterocycles. The minimum atomic E-state index is -0.825. The van der Waals surface area contributed by atoms with E-state index in [1.54, 1.807) is 11.3 Å². The van der Waals surface area contributed by atoms with Gasteiger partial charge < -0.3 is 30.2 Å². The van der Waals surface area contributed by atoms with Crippen molar-refractivity contribution in [3.05, 3.63) is 93.5 Å². The van der Waals surface area contributed by atoms with Gasteiger partial charge in [0.15, 0.2) is 0 Å². The zero-order valence-electron chi connectivity index (χ0n) is 45.1. The molecule has 0 bridgehead atoms. The molecule has 3 aliphatic rings. The molecule has 0 spiro atoms. The highest BCUT2D eigenvalue weighted by molar-refractivity contribution is 7.13. The maximum Gasteiger partial charge on any atom is 0.243 e. The van der Waals surface area contributed by atoms with Crippen molar-refractivity contribution in [1.29, 1.82) is 0 Å². The average molecular weight is 1070 g/mol. The van der Waals surface area contributed by atoms with Crippen LogP contribution in [0.2, 0.25) is 5.02 Å². The fourth-order valence-electron chi connectivity index (χ4n) is 11.3. The number of benzene rings is 2. The molecule has 14 nitrogen and oxygen atoms in total. The van der Waals surface area contributed by atoms with Gasteiger partial charge in [-0.1, -0.05) is 114 Å². The quantitative estimate of drug-likeness (QED) is 0.0536. The molecule has 16 heteroatoms. The first-order chi connectivity index (χ1) is 35.9. The molecule has 2 aliphatic heterocycles. The van der Waals surface area contributed by atoms with Crippen molar-refractivity contribution < 1.29 is 34.2 Å². The molecule has 0 saturated carbocycles. The zero-order chi connectivity index (χ0) is 53.8. The lowest BCUT2D eigenvalue weighted by Gasteiger charge is -2.38. The van der Waals surface area contributed by atoms with E-state index in [1.807, 2.05) is 93.6 Å². The number of carbonyl (C=O) groups is 5. The Kier molecular flexibility index (Phi) is 20.6. The van der Waals surface area contributed by atoms with Crippen molar-refractivity contribution in [1.82, 2.24) is 30.1 Å². The number of hydrogen-bond donors (Lipinski definition) is 3. The molecule has 7 atom stereocenters. The number of aliphatic hydroxyl groups is 2. The molecule has 4 heterocycles. The molecule has 2 saturated heterocycles. The summed E-state index contributed by atoms with van der Waals surface area (Å²) < 4.78 is 0. The van der Waals surface area contributed by atoms with Crippen LogP contribution in [-0.2, 0) is 24.0 Å². The van der Waals surface area contributed by atoms with E-state index in [-0.39, 0.29) is 66.6 Å². The molecule has 1 aliphatic carbocycles. The Morgan fingerprint density at radius 2 is 1.39 bits per heavy atom. The molecular formula is C59H80ClN7O7S. The number of nitrogens with one attached hydrogen (secondary N) is 1. The summed E-state index contributed by atoms with van der Waals surface area (Å²) in [5, 5.41) is 24.9. The molecule has 2 aromatic carbocycles. The fourth-order valence-corrected chi connectivity index (χ4v) is 12.2. The topological polar surface area (TPSA) is 186 Å². The molecule has 0 radical (unpaired) electrons. The van der Waals surface area contributed by atoms with E-state index < -0.39 is 29.6 Å². The number of aromatic nitrogens is 3. The first-order valence-corrected chi connectivity index (χ1v) is 28.8. The molecule has 7 rings (SSSR count). The summed E-state index contributed by atoms with van der Waals surface area (Å²) in [6.45, 7) is 14.3. The van der Waals surface area contributed by atoms with Crippen molar-refractivity contribution >= 4 is 58.0 Å². The van der Waals surface area contributed by atoms with Crippen LogP contribution in [-0.4, -0.2) is 109 Å². The maximum absolute atomic E-state index is 14.2. The highest BCUT2D eigenvalue weighted by Crippen LogP contribution is 2.43. The molecule has 0 unspecified atom stereocenters. The number of halogens is 1. The molecule has 75 heavy (non-hydrogen) atoms. The Bertz CT molecular complexity index is 2560. The summed E-state index contributed by atoms with van der Waals surface area (Å²) in [4.78, 5) is 88.4. The summed E-state index contributed by atoms with van der Waals surface area (Å²) >= 11 is 7.82. The van der Waals surface area contributed by atoms with Crippen LogP contribution >= 0.6 is 22.9 Å². The Morgan fingerprint density at radius 1 is 0.773 bits per heavy atom. The third-order valence-corrected chi connectivity index (χ3v) is 17.0. The van der Waals surface area contributed by atoms with Gasteiger partial charge in [0.25, 0.3) is 0 Å². The van der Waals surface area contributed by atoms with Gasteiger partial charge in [0.1, 0.15) is 29.8 Å². The van der Waals surface area contributed by atoms with Gasteiger partial charge in [-0.25, -0.2) is 15.0 Å². The first kappa shape index (κ1) is 57.6. The van der Waals surface area contributed by atoms with Gasteiger partial charge in [0, 0.05) is 81.3 Å². The van der Waals surface area contributed by atoms with Crippen LogP contribution in [0.15, 0.2) is 60.4 Å². The SMILES string of the molecule is Cc1ncsc1-c1ccc([C@H](C)NC(=O)[C@@H]2C[C@@H](O)CN2C(=O)[C@@H](CC(=O)CCCCCCCCCC(=O)CCCC[C@@H](C(=O)N2CCN(c3ncnc4c3[C@H](C)C[C@H]4O)CC2)c2ccc(Cl)cc2)C(C)(C)C)cc1. The molecule has 2 fully saturated rings. The van der Waals surface area contributed by atoms with Crippen LogP contribution in [0.4, 0.5) is 5.82 Å². The number of fused-ring (bicyclic) bond motifs is 1. The van der Waals surface area contributed by atoms with Gasteiger partial charge in [-0.2, -0.15) is 0 Å². The van der Waals surface area contributed by atoms with Gasteiger partial charge in [-0.15, -0.1) is 11.3 Å². The third-order valence-electron chi connectivity index (χ3n) is 15.8. The number of thiazole rings is 1. The van der Waals surface area contributed by atoms with Crippen molar-refractivity contribution in [3.8, 4) is 10.4 Å².